The topological polar surface area (TPSA) is 55.1 Å². The number of carbonyl (C=O) groups is 1. The minimum atomic E-state index is 0. The van der Waals surface area contributed by atoms with Crippen LogP contribution in [0.3, 0.4) is 0 Å². The van der Waals surface area contributed by atoms with Crippen molar-refractivity contribution in [1.29, 1.82) is 0 Å². The number of halogens is 1. The van der Waals surface area contributed by atoms with Crippen molar-refractivity contribution >= 4 is 18.3 Å². The van der Waals surface area contributed by atoms with E-state index in [0.29, 0.717) is 18.5 Å². The van der Waals surface area contributed by atoms with Gasteiger partial charge in [0.2, 0.25) is 5.91 Å². The fourth-order valence-corrected chi connectivity index (χ4v) is 2.72. The molecule has 94 valence electrons. The number of hydrogen-bond donors (Lipinski definition) is 2. The van der Waals surface area contributed by atoms with Crippen LogP contribution in [0, 0.1) is 11.3 Å². The summed E-state index contributed by atoms with van der Waals surface area (Å²) in [6.07, 6.45) is 6.66. The molecule has 0 aromatic carbocycles. The Kier molecular flexibility index (Phi) is 4.62. The van der Waals surface area contributed by atoms with Gasteiger partial charge in [-0.2, -0.15) is 0 Å². The van der Waals surface area contributed by atoms with Crippen molar-refractivity contribution in [1.82, 2.24) is 5.32 Å². The Balaban J connectivity index is 0.00000128. The monoisotopic (exact) mass is 246 g/mol. The van der Waals surface area contributed by atoms with Crippen LogP contribution in [0.4, 0.5) is 0 Å². The molecule has 3 nitrogen and oxygen atoms in total. The second-order valence-corrected chi connectivity index (χ2v) is 5.14. The van der Waals surface area contributed by atoms with Crippen molar-refractivity contribution in [2.45, 2.75) is 51.5 Å². The van der Waals surface area contributed by atoms with E-state index >= 15 is 0 Å². The molecule has 0 radical (unpaired) electrons. The van der Waals surface area contributed by atoms with Crippen molar-refractivity contribution in [3.8, 4) is 0 Å². The Hall–Kier alpha value is -0.280. The second kappa shape index (κ2) is 5.37. The van der Waals surface area contributed by atoms with Crippen molar-refractivity contribution in [2.24, 2.45) is 17.1 Å². The van der Waals surface area contributed by atoms with E-state index in [-0.39, 0.29) is 23.7 Å². The van der Waals surface area contributed by atoms with Gasteiger partial charge in [-0.25, -0.2) is 0 Å². The van der Waals surface area contributed by atoms with Gasteiger partial charge in [-0.15, -0.1) is 12.4 Å². The molecule has 2 aliphatic carbocycles. The summed E-state index contributed by atoms with van der Waals surface area (Å²) in [6, 6.07) is 0.353. The van der Waals surface area contributed by atoms with Crippen LogP contribution in [0.25, 0.3) is 0 Å². The van der Waals surface area contributed by atoms with Crippen molar-refractivity contribution < 1.29 is 4.79 Å². The van der Waals surface area contributed by atoms with Gasteiger partial charge >= 0.3 is 0 Å². The first-order valence-corrected chi connectivity index (χ1v) is 6.23. The van der Waals surface area contributed by atoms with Crippen LogP contribution in [0.1, 0.15) is 45.4 Å². The molecule has 2 saturated carbocycles. The van der Waals surface area contributed by atoms with Gasteiger partial charge in [-0.3, -0.25) is 4.79 Å². The van der Waals surface area contributed by atoms with Crippen LogP contribution in [0.15, 0.2) is 0 Å². The lowest BCUT2D eigenvalue weighted by atomic mass is 9.99. The van der Waals surface area contributed by atoms with Crippen LogP contribution in [0.2, 0.25) is 0 Å². The lowest BCUT2D eigenvalue weighted by Crippen LogP contribution is -2.43. The minimum Gasteiger partial charge on any atom is -0.353 e. The third-order valence-corrected chi connectivity index (χ3v) is 4.29. The summed E-state index contributed by atoms with van der Waals surface area (Å²) < 4.78 is 0. The van der Waals surface area contributed by atoms with Crippen molar-refractivity contribution in [3.63, 3.8) is 0 Å². The SMILES string of the molecule is CCC1(C(=O)NC2CCCC2CN)CC1.Cl. The quantitative estimate of drug-likeness (QED) is 0.796. The van der Waals surface area contributed by atoms with E-state index in [1.807, 2.05) is 0 Å². The van der Waals surface area contributed by atoms with Crippen LogP contribution < -0.4 is 11.1 Å². The van der Waals surface area contributed by atoms with Gasteiger partial charge in [0.1, 0.15) is 0 Å². The molecule has 2 fully saturated rings. The Morgan fingerprint density at radius 2 is 2.12 bits per heavy atom. The standard InChI is InChI=1S/C12H22N2O.ClH/c1-2-12(6-7-12)11(15)14-10-5-3-4-9(10)8-13;/h9-10H,2-8,13H2,1H3,(H,14,15);1H. The van der Waals surface area contributed by atoms with E-state index in [1.165, 1.54) is 12.8 Å². The van der Waals surface area contributed by atoms with Gasteiger partial charge in [0, 0.05) is 11.5 Å². The van der Waals surface area contributed by atoms with Crippen LogP contribution in [0.5, 0.6) is 0 Å². The average Bonchev–Trinajstić information content (AvgIpc) is 2.94. The lowest BCUT2D eigenvalue weighted by molar-refractivity contribution is -0.127. The largest absolute Gasteiger partial charge is 0.353 e. The molecule has 2 atom stereocenters. The van der Waals surface area contributed by atoms with Gasteiger partial charge in [0.25, 0.3) is 0 Å². The van der Waals surface area contributed by atoms with E-state index in [4.69, 9.17) is 5.73 Å². The molecule has 0 spiro atoms. The van der Waals surface area contributed by atoms with E-state index in [9.17, 15) is 4.79 Å². The third-order valence-electron chi connectivity index (χ3n) is 4.29. The molecule has 1 amide bonds. The van der Waals surface area contributed by atoms with E-state index in [2.05, 4.69) is 12.2 Å². The fourth-order valence-electron chi connectivity index (χ4n) is 2.72. The number of nitrogens with one attached hydrogen (secondary N) is 1. The van der Waals surface area contributed by atoms with E-state index in [0.717, 1.165) is 25.7 Å². The van der Waals surface area contributed by atoms with Gasteiger partial charge in [0.15, 0.2) is 0 Å². The maximum atomic E-state index is 12.0. The van der Waals surface area contributed by atoms with Crippen LogP contribution in [-0.4, -0.2) is 18.5 Å². The Labute approximate surface area is 104 Å². The molecular weight excluding hydrogens is 224 g/mol. The smallest absolute Gasteiger partial charge is 0.226 e. The maximum Gasteiger partial charge on any atom is 0.226 e. The first-order valence-electron chi connectivity index (χ1n) is 6.23. The number of carbonyl (C=O) groups excluding carboxylic acids is 1. The average molecular weight is 247 g/mol. The molecule has 2 aliphatic rings. The molecule has 2 unspecified atom stereocenters. The molecule has 0 bridgehead atoms. The number of hydrogen-bond acceptors (Lipinski definition) is 2. The number of rotatable bonds is 4. The van der Waals surface area contributed by atoms with E-state index in [1.54, 1.807) is 0 Å². The summed E-state index contributed by atoms with van der Waals surface area (Å²) in [6.45, 7) is 2.83. The molecule has 0 aliphatic heterocycles. The highest BCUT2D eigenvalue weighted by Crippen LogP contribution is 2.49. The van der Waals surface area contributed by atoms with Gasteiger partial charge in [0.05, 0.1) is 0 Å². The minimum absolute atomic E-state index is 0. The van der Waals surface area contributed by atoms with Crippen molar-refractivity contribution in [2.75, 3.05) is 6.54 Å². The summed E-state index contributed by atoms with van der Waals surface area (Å²) in [5, 5.41) is 3.21. The zero-order valence-corrected chi connectivity index (χ0v) is 10.8. The predicted molar refractivity (Wildman–Crippen MR) is 67.5 cm³/mol. The molecule has 0 heterocycles. The predicted octanol–water partition coefficient (Wildman–Crippen LogP) is 1.84. The molecule has 4 heteroatoms. The molecule has 16 heavy (non-hydrogen) atoms. The van der Waals surface area contributed by atoms with Gasteiger partial charge in [-0.05, 0) is 44.6 Å². The normalized spacial score (nSPS) is 30.6. The first kappa shape index (κ1) is 13.8. The highest BCUT2D eigenvalue weighted by molar-refractivity contribution is 5.85. The summed E-state index contributed by atoms with van der Waals surface area (Å²) in [7, 11) is 0. The highest BCUT2D eigenvalue weighted by Gasteiger charge is 2.48. The molecular formula is C12H23ClN2O. The Bertz CT molecular complexity index is 253. The number of nitrogens with two attached hydrogens (primary N) is 1. The Morgan fingerprint density at radius 3 is 2.62 bits per heavy atom. The molecule has 0 aromatic rings. The lowest BCUT2D eigenvalue weighted by Gasteiger charge is -2.22. The summed E-state index contributed by atoms with van der Waals surface area (Å²) in [5.41, 5.74) is 5.71. The summed E-state index contributed by atoms with van der Waals surface area (Å²) in [5.74, 6) is 0.803. The number of amides is 1. The van der Waals surface area contributed by atoms with Gasteiger partial charge < -0.3 is 11.1 Å². The zero-order chi connectivity index (χ0) is 10.9. The first-order chi connectivity index (χ1) is 7.22. The van der Waals surface area contributed by atoms with Crippen molar-refractivity contribution in [3.05, 3.63) is 0 Å². The highest BCUT2D eigenvalue weighted by atomic mass is 35.5. The molecule has 0 saturated heterocycles. The van der Waals surface area contributed by atoms with Crippen LogP contribution >= 0.6 is 12.4 Å². The third kappa shape index (κ3) is 2.51. The van der Waals surface area contributed by atoms with Crippen LogP contribution in [-0.2, 0) is 4.79 Å². The molecule has 0 aromatic heterocycles. The Morgan fingerprint density at radius 1 is 1.44 bits per heavy atom. The molecule has 3 N–H and O–H groups in total. The van der Waals surface area contributed by atoms with E-state index < -0.39 is 0 Å². The molecule has 2 rings (SSSR count). The maximum absolute atomic E-state index is 12.0. The summed E-state index contributed by atoms with van der Waals surface area (Å²) in [4.78, 5) is 12.0. The summed E-state index contributed by atoms with van der Waals surface area (Å²) >= 11 is 0. The zero-order valence-electron chi connectivity index (χ0n) is 10.00. The van der Waals surface area contributed by atoms with Gasteiger partial charge in [-0.1, -0.05) is 13.3 Å². The fraction of sp³-hybridized carbons (Fsp3) is 0.917. The second-order valence-electron chi connectivity index (χ2n) is 5.14.